The van der Waals surface area contributed by atoms with Crippen molar-refractivity contribution in [2.75, 3.05) is 23.0 Å². The highest BCUT2D eigenvalue weighted by molar-refractivity contribution is 8.37. The van der Waals surface area contributed by atoms with E-state index < -0.39 is 20.4 Å². The zero-order chi connectivity index (χ0) is 25.1. The van der Waals surface area contributed by atoms with Crippen molar-refractivity contribution < 1.29 is 9.59 Å². The molecule has 2 heterocycles. The predicted molar refractivity (Wildman–Crippen MR) is 158 cm³/mol. The Labute approximate surface area is 221 Å². The molecule has 0 atom stereocenters. The number of fused-ring (bicyclic) bond motifs is 2. The highest BCUT2D eigenvalue weighted by Crippen LogP contribution is 2.56. The van der Waals surface area contributed by atoms with E-state index in [9.17, 15) is 9.59 Å². The van der Waals surface area contributed by atoms with Gasteiger partial charge in [-0.1, -0.05) is 52.0 Å². The molecule has 0 bridgehead atoms. The third-order valence-electron chi connectivity index (χ3n) is 5.93. The average molecular weight is 567 g/mol. The van der Waals surface area contributed by atoms with Crippen LogP contribution < -0.4 is 9.44 Å². The number of thioether (sulfide) groups is 1. The molecule has 11 heteroatoms. The number of hydrogen-bond donors (Lipinski definition) is 2. The molecule has 0 aliphatic carbocycles. The van der Waals surface area contributed by atoms with Crippen molar-refractivity contribution in [2.24, 2.45) is 0 Å². The van der Waals surface area contributed by atoms with E-state index in [4.69, 9.17) is 9.97 Å². The lowest BCUT2D eigenvalue weighted by Gasteiger charge is -2.37. The molecule has 0 aliphatic heterocycles. The molecule has 35 heavy (non-hydrogen) atoms. The quantitative estimate of drug-likeness (QED) is 0.226. The van der Waals surface area contributed by atoms with Gasteiger partial charge in [0.2, 0.25) is 0 Å². The van der Waals surface area contributed by atoms with E-state index in [1.807, 2.05) is 36.4 Å². The highest BCUT2D eigenvalue weighted by atomic mass is 32.3. The molecule has 0 spiro atoms. The van der Waals surface area contributed by atoms with E-state index in [2.05, 4.69) is 49.3 Å². The fourth-order valence-electron chi connectivity index (χ4n) is 3.76. The number of rotatable bonds is 8. The standard InChI is InChI=1S/C24H30N4O2S5/c1-5-34(6-2,23-25-17-13-9-11-15-19(17)31-23)27-21(29)33-22(30)28-35(7-3,8-4)24-26-18-14-10-12-16-20(18)32-24/h9-16H,5-8H2,1-4H3,(H,27,29)(H,28,30). The van der Waals surface area contributed by atoms with Crippen molar-refractivity contribution in [1.29, 1.82) is 0 Å². The van der Waals surface area contributed by atoms with Crippen LogP contribution in [0.4, 0.5) is 9.59 Å². The van der Waals surface area contributed by atoms with Crippen LogP contribution in [0, 0.1) is 0 Å². The van der Waals surface area contributed by atoms with Crippen molar-refractivity contribution in [2.45, 2.75) is 36.4 Å². The number of nitrogens with one attached hydrogen (secondary N) is 2. The lowest BCUT2D eigenvalue weighted by atomic mass is 10.3. The monoisotopic (exact) mass is 566 g/mol. The van der Waals surface area contributed by atoms with Crippen LogP contribution in [0.2, 0.25) is 0 Å². The largest absolute Gasteiger partial charge is 0.303 e. The number of benzene rings is 2. The van der Waals surface area contributed by atoms with Crippen LogP contribution in [0.15, 0.2) is 57.2 Å². The Morgan fingerprint density at radius 3 is 1.43 bits per heavy atom. The first-order chi connectivity index (χ1) is 16.9. The maximum absolute atomic E-state index is 13.1. The van der Waals surface area contributed by atoms with Crippen LogP contribution in [-0.2, 0) is 0 Å². The maximum atomic E-state index is 13.1. The minimum absolute atomic E-state index is 0.328. The van der Waals surface area contributed by atoms with E-state index in [1.54, 1.807) is 22.7 Å². The molecule has 6 nitrogen and oxygen atoms in total. The molecule has 188 valence electrons. The lowest BCUT2D eigenvalue weighted by Crippen LogP contribution is -2.32. The van der Waals surface area contributed by atoms with Gasteiger partial charge in [0.15, 0.2) is 8.68 Å². The molecule has 0 unspecified atom stereocenters. The van der Waals surface area contributed by atoms with E-state index in [0.29, 0.717) is 11.8 Å². The topological polar surface area (TPSA) is 84.0 Å². The molecule has 2 aromatic carbocycles. The van der Waals surface area contributed by atoms with Gasteiger partial charge in [-0.25, -0.2) is 9.97 Å². The molecule has 2 aromatic heterocycles. The summed E-state index contributed by atoms with van der Waals surface area (Å²) < 4.78 is 10.5. The highest BCUT2D eigenvalue weighted by Gasteiger charge is 2.32. The van der Waals surface area contributed by atoms with Crippen molar-refractivity contribution in [3.63, 3.8) is 0 Å². The summed E-state index contributed by atoms with van der Waals surface area (Å²) >= 11 is 3.97. The summed E-state index contributed by atoms with van der Waals surface area (Å²) in [5.41, 5.74) is 1.89. The van der Waals surface area contributed by atoms with Crippen molar-refractivity contribution >= 4 is 85.8 Å². The number of thiazole rings is 2. The number of para-hydroxylation sites is 2. The van der Waals surface area contributed by atoms with Crippen LogP contribution in [0.5, 0.6) is 0 Å². The van der Waals surface area contributed by atoms with Gasteiger partial charge >= 0.3 is 0 Å². The summed E-state index contributed by atoms with van der Waals surface area (Å²) in [6.45, 7) is 8.30. The van der Waals surface area contributed by atoms with Gasteiger partial charge in [0.25, 0.3) is 10.5 Å². The first-order valence-corrected chi connectivity index (χ1v) is 17.9. The molecule has 4 aromatic rings. The van der Waals surface area contributed by atoms with Crippen molar-refractivity contribution in [1.82, 2.24) is 19.4 Å². The first kappa shape index (κ1) is 26.3. The van der Waals surface area contributed by atoms with Crippen LogP contribution >= 0.6 is 54.9 Å². The Hall–Kier alpha value is -1.79. The zero-order valence-corrected chi connectivity index (χ0v) is 24.3. The van der Waals surface area contributed by atoms with E-state index in [0.717, 1.165) is 52.1 Å². The molecule has 0 fully saturated rings. The second kappa shape index (κ2) is 11.1. The molecule has 2 N–H and O–H groups in total. The maximum Gasteiger partial charge on any atom is 0.297 e. The fourth-order valence-corrected chi connectivity index (χ4v) is 13.8. The SMILES string of the molecule is CCS(CC)(NC(=O)SC(=O)NS(CC)(CC)c1nc2ccccc2s1)c1nc2ccccc2s1. The van der Waals surface area contributed by atoms with Gasteiger partial charge in [0, 0.05) is 11.8 Å². The Bertz CT molecular complexity index is 1180. The molecule has 0 saturated carbocycles. The van der Waals surface area contributed by atoms with Crippen LogP contribution in [-0.4, -0.2) is 43.5 Å². The molecular weight excluding hydrogens is 537 g/mol. The van der Waals surface area contributed by atoms with Gasteiger partial charge in [-0.3, -0.25) is 9.59 Å². The Morgan fingerprint density at radius 1 is 0.714 bits per heavy atom. The summed E-state index contributed by atoms with van der Waals surface area (Å²) in [5.74, 6) is 3.06. The van der Waals surface area contributed by atoms with Gasteiger partial charge in [-0.15, -0.1) is 43.1 Å². The van der Waals surface area contributed by atoms with Gasteiger partial charge in [0.05, 0.1) is 20.4 Å². The molecule has 0 aliphatic rings. The molecule has 4 rings (SSSR count). The fraction of sp³-hybridized carbons (Fsp3) is 0.333. The van der Waals surface area contributed by atoms with E-state index in [-0.39, 0.29) is 10.5 Å². The van der Waals surface area contributed by atoms with Crippen molar-refractivity contribution in [3.05, 3.63) is 48.5 Å². The number of amides is 2. The summed E-state index contributed by atoms with van der Waals surface area (Å²) in [5, 5.41) is -0.657. The third-order valence-corrected chi connectivity index (χ3v) is 17.5. The summed E-state index contributed by atoms with van der Waals surface area (Å²) in [6.07, 6.45) is 0. The number of carbonyl (C=O) groups excluding carboxylic acids is 2. The Balaban J connectivity index is 1.51. The smallest absolute Gasteiger partial charge is 0.297 e. The van der Waals surface area contributed by atoms with Crippen LogP contribution in [0.3, 0.4) is 0 Å². The number of nitrogens with zero attached hydrogens (tertiary/aromatic N) is 2. The predicted octanol–water partition coefficient (Wildman–Crippen LogP) is 8.00. The lowest BCUT2D eigenvalue weighted by molar-refractivity contribution is 0.262. The first-order valence-electron chi connectivity index (χ1n) is 11.5. The zero-order valence-electron chi connectivity index (χ0n) is 20.2. The number of carbonyl (C=O) groups is 2. The average Bonchev–Trinajstić information content (AvgIpc) is 3.51. The number of hydrogen-bond acceptors (Lipinski definition) is 7. The second-order valence-corrected chi connectivity index (χ2v) is 18.2. The van der Waals surface area contributed by atoms with E-state index >= 15 is 0 Å². The van der Waals surface area contributed by atoms with E-state index in [1.165, 1.54) is 0 Å². The summed E-state index contributed by atoms with van der Waals surface area (Å²) in [6, 6.07) is 16.0. The van der Waals surface area contributed by atoms with Crippen LogP contribution in [0.1, 0.15) is 27.7 Å². The normalized spacial score (nSPS) is 13.1. The summed E-state index contributed by atoms with van der Waals surface area (Å²) in [4.78, 5) is 35.9. The number of aromatic nitrogens is 2. The third kappa shape index (κ3) is 5.34. The van der Waals surface area contributed by atoms with Gasteiger partial charge in [-0.2, -0.15) is 0 Å². The summed E-state index contributed by atoms with van der Waals surface area (Å²) in [7, 11) is -3.36. The van der Waals surface area contributed by atoms with Gasteiger partial charge in [-0.05, 0) is 47.3 Å². The van der Waals surface area contributed by atoms with Gasteiger partial charge in [0.1, 0.15) is 0 Å². The molecule has 0 saturated heterocycles. The van der Waals surface area contributed by atoms with Gasteiger partial charge < -0.3 is 9.44 Å². The second-order valence-electron chi connectivity index (χ2n) is 7.70. The molecule has 0 radical (unpaired) electrons. The Kier molecular flexibility index (Phi) is 8.32. The minimum Gasteiger partial charge on any atom is -0.303 e. The molecular formula is C24H30N4O2S5. The van der Waals surface area contributed by atoms with Crippen LogP contribution in [0.25, 0.3) is 20.4 Å². The van der Waals surface area contributed by atoms with Crippen molar-refractivity contribution in [3.8, 4) is 0 Å². The Morgan fingerprint density at radius 2 is 1.09 bits per heavy atom. The minimum atomic E-state index is -1.68. The molecule has 2 amide bonds.